The van der Waals surface area contributed by atoms with Gasteiger partial charge in [-0.1, -0.05) is 35.9 Å². The van der Waals surface area contributed by atoms with E-state index in [-0.39, 0.29) is 12.5 Å². The van der Waals surface area contributed by atoms with E-state index >= 15 is 0 Å². The highest BCUT2D eigenvalue weighted by molar-refractivity contribution is 6.31. The van der Waals surface area contributed by atoms with Gasteiger partial charge in [-0.15, -0.1) is 0 Å². The number of fused-ring (bicyclic) bond motifs is 1. The molecule has 3 rings (SSSR count). The molecule has 0 saturated carbocycles. The molecule has 1 atom stereocenters. The van der Waals surface area contributed by atoms with Crippen molar-refractivity contribution < 1.29 is 14.6 Å². The summed E-state index contributed by atoms with van der Waals surface area (Å²) in [5, 5.41) is 13.3. The van der Waals surface area contributed by atoms with Crippen molar-refractivity contribution in [3.05, 3.63) is 70.3 Å². The molecule has 2 aromatic carbocycles. The molecule has 0 saturated heterocycles. The molecule has 0 bridgehead atoms. The Bertz CT molecular complexity index is 773. The van der Waals surface area contributed by atoms with Crippen LogP contribution in [0.5, 0.6) is 5.75 Å². The maximum atomic E-state index is 11.9. The van der Waals surface area contributed by atoms with Gasteiger partial charge in [0.15, 0.2) is 0 Å². The largest absolute Gasteiger partial charge is 0.493 e. The second-order valence-corrected chi connectivity index (χ2v) is 5.99. The topological polar surface area (TPSA) is 58.6 Å². The molecule has 5 heteroatoms. The molecule has 1 aliphatic rings. The van der Waals surface area contributed by atoms with E-state index in [1.165, 1.54) is 6.08 Å². The average molecular weight is 344 g/mol. The van der Waals surface area contributed by atoms with E-state index in [2.05, 4.69) is 5.32 Å². The van der Waals surface area contributed by atoms with Crippen molar-refractivity contribution in [2.45, 2.75) is 12.5 Å². The van der Waals surface area contributed by atoms with Gasteiger partial charge in [-0.05, 0) is 35.4 Å². The average Bonchev–Trinajstić information content (AvgIpc) is 3.06. The molecule has 0 radical (unpaired) electrons. The lowest BCUT2D eigenvalue weighted by atomic mass is 10.1. The van der Waals surface area contributed by atoms with E-state index in [4.69, 9.17) is 16.3 Å². The molecular weight excluding hydrogens is 326 g/mol. The molecule has 2 N–H and O–H groups in total. The molecule has 0 fully saturated rings. The Morgan fingerprint density at radius 3 is 3.00 bits per heavy atom. The van der Waals surface area contributed by atoms with Crippen molar-refractivity contribution in [2.24, 2.45) is 0 Å². The lowest BCUT2D eigenvalue weighted by Crippen LogP contribution is -2.26. The number of hydrogen-bond donors (Lipinski definition) is 2. The van der Waals surface area contributed by atoms with Crippen LogP contribution < -0.4 is 10.1 Å². The van der Waals surface area contributed by atoms with Crippen molar-refractivity contribution in [1.29, 1.82) is 0 Å². The first-order valence-corrected chi connectivity index (χ1v) is 8.15. The zero-order valence-corrected chi connectivity index (χ0v) is 13.8. The minimum atomic E-state index is -0.840. The first-order valence-electron chi connectivity index (χ1n) is 7.77. The number of aliphatic hydroxyl groups excluding tert-OH is 1. The highest BCUT2D eigenvalue weighted by Crippen LogP contribution is 2.26. The summed E-state index contributed by atoms with van der Waals surface area (Å²) in [5.41, 5.74) is 2.70. The Kier molecular flexibility index (Phi) is 5.18. The van der Waals surface area contributed by atoms with Crippen molar-refractivity contribution in [3.63, 3.8) is 0 Å². The zero-order valence-electron chi connectivity index (χ0n) is 13.0. The van der Waals surface area contributed by atoms with Crippen molar-refractivity contribution >= 4 is 23.6 Å². The SMILES string of the molecule is O=C(/C=C/c1ccc2c(c1)CCO2)NCC(O)c1ccccc1Cl. The van der Waals surface area contributed by atoms with Gasteiger partial charge in [-0.2, -0.15) is 0 Å². The predicted octanol–water partition coefficient (Wildman–Crippen LogP) is 3.14. The van der Waals surface area contributed by atoms with Crippen LogP contribution in [-0.4, -0.2) is 24.2 Å². The van der Waals surface area contributed by atoms with Crippen LogP contribution in [0, 0.1) is 0 Å². The molecule has 0 aromatic heterocycles. The summed E-state index contributed by atoms with van der Waals surface area (Å²) in [6.07, 6.45) is 3.26. The van der Waals surface area contributed by atoms with Gasteiger partial charge in [0, 0.05) is 29.6 Å². The third kappa shape index (κ3) is 3.96. The molecule has 4 nitrogen and oxygen atoms in total. The first kappa shape index (κ1) is 16.6. The summed E-state index contributed by atoms with van der Waals surface area (Å²) in [7, 11) is 0. The summed E-state index contributed by atoms with van der Waals surface area (Å²) in [5.74, 6) is 0.650. The highest BCUT2D eigenvalue weighted by Gasteiger charge is 2.12. The molecule has 1 unspecified atom stereocenters. The molecular formula is C19H18ClNO3. The summed E-state index contributed by atoms with van der Waals surface area (Å²) in [4.78, 5) is 11.9. The monoisotopic (exact) mass is 343 g/mol. The van der Waals surface area contributed by atoms with Crippen LogP contribution in [0.4, 0.5) is 0 Å². The van der Waals surface area contributed by atoms with Gasteiger partial charge in [0.1, 0.15) is 5.75 Å². The van der Waals surface area contributed by atoms with Crippen molar-refractivity contribution in [1.82, 2.24) is 5.32 Å². The van der Waals surface area contributed by atoms with Gasteiger partial charge in [-0.25, -0.2) is 0 Å². The Balaban J connectivity index is 1.55. The standard InChI is InChI=1S/C19H18ClNO3/c20-16-4-2-1-3-15(16)17(22)12-21-19(23)8-6-13-5-7-18-14(11-13)9-10-24-18/h1-8,11,17,22H,9-10,12H2,(H,21,23)/b8-6+. The number of ether oxygens (including phenoxy) is 1. The minimum absolute atomic E-state index is 0.102. The van der Waals surface area contributed by atoms with E-state index < -0.39 is 6.10 Å². The van der Waals surface area contributed by atoms with Crippen LogP contribution in [0.2, 0.25) is 5.02 Å². The van der Waals surface area contributed by atoms with Crippen molar-refractivity contribution in [2.75, 3.05) is 13.2 Å². The number of carbonyl (C=O) groups excluding carboxylic acids is 1. The summed E-state index contributed by atoms with van der Waals surface area (Å²) in [6.45, 7) is 0.813. The van der Waals surface area contributed by atoms with E-state index in [9.17, 15) is 9.90 Å². The van der Waals surface area contributed by atoms with Crippen molar-refractivity contribution in [3.8, 4) is 5.75 Å². The molecule has 1 amide bonds. The van der Waals surface area contributed by atoms with Crippen LogP contribution >= 0.6 is 11.6 Å². The predicted molar refractivity (Wildman–Crippen MR) is 94.1 cm³/mol. The Morgan fingerprint density at radius 2 is 2.17 bits per heavy atom. The van der Waals surface area contributed by atoms with Crippen LogP contribution in [0.15, 0.2) is 48.5 Å². The van der Waals surface area contributed by atoms with Gasteiger partial charge in [-0.3, -0.25) is 4.79 Å². The molecule has 0 spiro atoms. The lowest BCUT2D eigenvalue weighted by Gasteiger charge is -2.12. The Hall–Kier alpha value is -2.30. The van der Waals surface area contributed by atoms with Crippen LogP contribution in [0.1, 0.15) is 22.8 Å². The second-order valence-electron chi connectivity index (χ2n) is 5.58. The number of aliphatic hydroxyl groups is 1. The number of rotatable bonds is 5. The van der Waals surface area contributed by atoms with E-state index in [0.29, 0.717) is 17.2 Å². The summed E-state index contributed by atoms with van der Waals surface area (Å²) >= 11 is 6.03. The van der Waals surface area contributed by atoms with Gasteiger partial charge in [0.2, 0.25) is 5.91 Å². The summed E-state index contributed by atoms with van der Waals surface area (Å²) in [6, 6.07) is 12.9. The van der Waals surface area contributed by atoms with E-state index in [1.807, 2.05) is 18.2 Å². The normalized spacial score (nSPS) is 14.2. The molecule has 24 heavy (non-hydrogen) atoms. The van der Waals surface area contributed by atoms with E-state index in [1.54, 1.807) is 30.3 Å². The molecule has 1 heterocycles. The van der Waals surface area contributed by atoms with Crippen LogP contribution in [-0.2, 0) is 11.2 Å². The second kappa shape index (κ2) is 7.51. The Morgan fingerprint density at radius 1 is 1.33 bits per heavy atom. The number of benzene rings is 2. The fourth-order valence-corrected chi connectivity index (χ4v) is 2.86. The quantitative estimate of drug-likeness (QED) is 0.820. The summed E-state index contributed by atoms with van der Waals surface area (Å²) < 4.78 is 5.45. The maximum absolute atomic E-state index is 11.9. The molecule has 0 aliphatic carbocycles. The number of nitrogens with one attached hydrogen (secondary N) is 1. The third-order valence-corrected chi connectivity index (χ3v) is 4.22. The van der Waals surface area contributed by atoms with Gasteiger partial charge >= 0.3 is 0 Å². The molecule has 124 valence electrons. The Labute approximate surface area is 145 Å². The lowest BCUT2D eigenvalue weighted by molar-refractivity contribution is -0.116. The van der Waals surface area contributed by atoms with Crippen LogP contribution in [0.25, 0.3) is 6.08 Å². The molecule has 1 aliphatic heterocycles. The van der Waals surface area contributed by atoms with Gasteiger partial charge < -0.3 is 15.2 Å². The van der Waals surface area contributed by atoms with Crippen LogP contribution in [0.3, 0.4) is 0 Å². The first-order chi connectivity index (χ1) is 11.6. The number of halogens is 1. The van der Waals surface area contributed by atoms with Gasteiger partial charge in [0.05, 0.1) is 12.7 Å². The number of amides is 1. The highest BCUT2D eigenvalue weighted by atomic mass is 35.5. The number of carbonyl (C=O) groups is 1. The van der Waals surface area contributed by atoms with E-state index in [0.717, 1.165) is 23.3 Å². The number of hydrogen-bond acceptors (Lipinski definition) is 3. The van der Waals surface area contributed by atoms with Gasteiger partial charge in [0.25, 0.3) is 0 Å². The minimum Gasteiger partial charge on any atom is -0.493 e. The fourth-order valence-electron chi connectivity index (χ4n) is 2.59. The third-order valence-electron chi connectivity index (χ3n) is 3.87. The molecule has 2 aromatic rings. The zero-order chi connectivity index (χ0) is 16.9. The maximum Gasteiger partial charge on any atom is 0.244 e. The smallest absolute Gasteiger partial charge is 0.244 e. The fraction of sp³-hybridized carbons (Fsp3) is 0.211.